The lowest BCUT2D eigenvalue weighted by Crippen LogP contribution is -1.99. The maximum atomic E-state index is 5.91. The maximum absolute atomic E-state index is 5.91. The zero-order valence-corrected chi connectivity index (χ0v) is 13.6. The minimum atomic E-state index is 0.598. The van der Waals surface area contributed by atoms with Gasteiger partial charge in [0.1, 0.15) is 6.33 Å². The lowest BCUT2D eigenvalue weighted by Gasteiger charge is -2.06. The van der Waals surface area contributed by atoms with Crippen molar-refractivity contribution in [3.05, 3.63) is 65.4 Å². The summed E-state index contributed by atoms with van der Waals surface area (Å²) in [6.45, 7) is 2.04. The molecule has 0 aliphatic carbocycles. The number of hydrogen-bond acceptors (Lipinski definition) is 5. The number of aromatic nitrogens is 5. The van der Waals surface area contributed by atoms with E-state index in [-0.39, 0.29) is 0 Å². The molecular weight excluding hydrogens is 324 g/mol. The Labute approximate surface area is 143 Å². The standard InChI is InChI=1S/C17H13ClN6/c1-11-2-8-14(9-3-11)24-17-15(22-23-24)16(19-10-20-17)21-13-6-4-12(18)5-7-13/h2-10H,1H3,(H,19,20,21). The molecule has 2 aromatic carbocycles. The van der Waals surface area contributed by atoms with Crippen LogP contribution in [0.1, 0.15) is 5.56 Å². The van der Waals surface area contributed by atoms with Crippen molar-refractivity contribution in [1.29, 1.82) is 0 Å². The molecule has 6 nitrogen and oxygen atoms in total. The van der Waals surface area contributed by atoms with Crippen molar-refractivity contribution in [1.82, 2.24) is 25.0 Å². The van der Waals surface area contributed by atoms with Crippen LogP contribution in [-0.2, 0) is 0 Å². The first kappa shape index (κ1) is 14.6. The molecule has 2 aromatic heterocycles. The molecule has 0 spiro atoms. The van der Waals surface area contributed by atoms with Gasteiger partial charge >= 0.3 is 0 Å². The second-order valence-electron chi connectivity index (χ2n) is 5.36. The van der Waals surface area contributed by atoms with Gasteiger partial charge in [-0.2, -0.15) is 4.68 Å². The fourth-order valence-electron chi connectivity index (χ4n) is 2.37. The first-order chi connectivity index (χ1) is 11.7. The van der Waals surface area contributed by atoms with Gasteiger partial charge in [0.05, 0.1) is 5.69 Å². The van der Waals surface area contributed by atoms with Crippen molar-refractivity contribution in [2.45, 2.75) is 6.92 Å². The van der Waals surface area contributed by atoms with E-state index in [2.05, 4.69) is 25.6 Å². The van der Waals surface area contributed by atoms with Crippen LogP contribution in [0.25, 0.3) is 16.9 Å². The van der Waals surface area contributed by atoms with Crippen molar-refractivity contribution < 1.29 is 0 Å². The van der Waals surface area contributed by atoms with Gasteiger partial charge in [-0.25, -0.2) is 9.97 Å². The zero-order valence-electron chi connectivity index (χ0n) is 12.8. The van der Waals surface area contributed by atoms with Crippen LogP contribution < -0.4 is 5.32 Å². The molecule has 4 aromatic rings. The van der Waals surface area contributed by atoms with Gasteiger partial charge in [-0.1, -0.05) is 34.5 Å². The number of nitrogens with one attached hydrogen (secondary N) is 1. The summed E-state index contributed by atoms with van der Waals surface area (Å²) in [6, 6.07) is 15.4. The second kappa shape index (κ2) is 5.90. The van der Waals surface area contributed by atoms with Crippen LogP contribution in [0, 0.1) is 6.92 Å². The maximum Gasteiger partial charge on any atom is 0.189 e. The number of nitrogens with zero attached hydrogens (tertiary/aromatic N) is 5. The van der Waals surface area contributed by atoms with Gasteiger partial charge in [0, 0.05) is 10.7 Å². The van der Waals surface area contributed by atoms with E-state index in [4.69, 9.17) is 11.6 Å². The number of halogens is 1. The van der Waals surface area contributed by atoms with Gasteiger partial charge in [-0.05, 0) is 43.3 Å². The molecule has 118 valence electrons. The van der Waals surface area contributed by atoms with Gasteiger partial charge in [-0.15, -0.1) is 5.10 Å². The largest absolute Gasteiger partial charge is 0.338 e. The molecule has 0 radical (unpaired) electrons. The van der Waals surface area contributed by atoms with E-state index in [0.29, 0.717) is 22.0 Å². The Balaban J connectivity index is 1.76. The van der Waals surface area contributed by atoms with Crippen molar-refractivity contribution in [3.8, 4) is 5.69 Å². The van der Waals surface area contributed by atoms with E-state index in [1.165, 1.54) is 11.9 Å². The summed E-state index contributed by atoms with van der Waals surface area (Å²) in [5.74, 6) is 0.598. The summed E-state index contributed by atoms with van der Waals surface area (Å²) in [5.41, 5.74) is 4.20. The summed E-state index contributed by atoms with van der Waals surface area (Å²) < 4.78 is 1.70. The van der Waals surface area contributed by atoms with Gasteiger partial charge < -0.3 is 5.32 Å². The Morgan fingerprint density at radius 1 is 0.958 bits per heavy atom. The highest BCUT2D eigenvalue weighted by atomic mass is 35.5. The Morgan fingerprint density at radius 2 is 1.71 bits per heavy atom. The second-order valence-corrected chi connectivity index (χ2v) is 5.80. The molecule has 0 saturated carbocycles. The first-order valence-corrected chi connectivity index (χ1v) is 7.74. The van der Waals surface area contributed by atoms with Crippen LogP contribution in [0.15, 0.2) is 54.9 Å². The number of anilines is 2. The lowest BCUT2D eigenvalue weighted by atomic mass is 10.2. The molecule has 0 saturated heterocycles. The molecular formula is C17H13ClN6. The number of aryl methyl sites for hydroxylation is 1. The minimum Gasteiger partial charge on any atom is -0.338 e. The zero-order chi connectivity index (χ0) is 16.5. The summed E-state index contributed by atoms with van der Waals surface area (Å²) >= 11 is 5.91. The summed E-state index contributed by atoms with van der Waals surface area (Å²) in [6.07, 6.45) is 1.49. The predicted molar refractivity (Wildman–Crippen MR) is 93.9 cm³/mol. The molecule has 4 rings (SSSR count). The number of rotatable bonds is 3. The smallest absolute Gasteiger partial charge is 0.189 e. The highest BCUT2D eigenvalue weighted by molar-refractivity contribution is 6.30. The molecule has 1 N–H and O–H groups in total. The van der Waals surface area contributed by atoms with Gasteiger partial charge in [0.15, 0.2) is 17.0 Å². The van der Waals surface area contributed by atoms with E-state index in [0.717, 1.165) is 11.4 Å². The number of benzene rings is 2. The van der Waals surface area contributed by atoms with Crippen molar-refractivity contribution >= 4 is 34.3 Å². The summed E-state index contributed by atoms with van der Waals surface area (Å²) in [7, 11) is 0. The van der Waals surface area contributed by atoms with Crippen LogP contribution in [0.4, 0.5) is 11.5 Å². The van der Waals surface area contributed by atoms with E-state index in [9.17, 15) is 0 Å². The molecule has 0 aliphatic heterocycles. The van der Waals surface area contributed by atoms with Crippen LogP contribution in [0.2, 0.25) is 5.02 Å². The van der Waals surface area contributed by atoms with E-state index in [1.54, 1.807) is 4.68 Å². The van der Waals surface area contributed by atoms with Gasteiger partial charge in [0.25, 0.3) is 0 Å². The van der Waals surface area contributed by atoms with Gasteiger partial charge in [0.2, 0.25) is 0 Å². The first-order valence-electron chi connectivity index (χ1n) is 7.37. The number of fused-ring (bicyclic) bond motifs is 1. The Hall–Kier alpha value is -2.99. The average Bonchev–Trinajstić information content (AvgIpc) is 3.03. The fraction of sp³-hybridized carbons (Fsp3) is 0.0588. The van der Waals surface area contributed by atoms with Crippen molar-refractivity contribution in [3.63, 3.8) is 0 Å². The topological polar surface area (TPSA) is 68.5 Å². The summed E-state index contributed by atoms with van der Waals surface area (Å²) in [4.78, 5) is 8.60. The van der Waals surface area contributed by atoms with Gasteiger partial charge in [-0.3, -0.25) is 0 Å². The highest BCUT2D eigenvalue weighted by Crippen LogP contribution is 2.23. The normalized spacial score (nSPS) is 10.9. The van der Waals surface area contributed by atoms with Crippen molar-refractivity contribution in [2.75, 3.05) is 5.32 Å². The molecule has 7 heteroatoms. The molecule has 0 amide bonds. The highest BCUT2D eigenvalue weighted by Gasteiger charge is 2.13. The predicted octanol–water partition coefficient (Wildman–Crippen LogP) is 3.92. The Bertz CT molecular complexity index is 992. The Kier molecular flexibility index (Phi) is 3.59. The molecule has 0 bridgehead atoms. The average molecular weight is 337 g/mol. The van der Waals surface area contributed by atoms with Crippen LogP contribution in [-0.4, -0.2) is 25.0 Å². The van der Waals surface area contributed by atoms with E-state index >= 15 is 0 Å². The summed E-state index contributed by atoms with van der Waals surface area (Å²) in [5, 5.41) is 12.3. The van der Waals surface area contributed by atoms with Crippen LogP contribution in [0.5, 0.6) is 0 Å². The minimum absolute atomic E-state index is 0.598. The molecule has 0 unspecified atom stereocenters. The molecule has 24 heavy (non-hydrogen) atoms. The Morgan fingerprint density at radius 3 is 2.46 bits per heavy atom. The quantitative estimate of drug-likeness (QED) is 0.614. The van der Waals surface area contributed by atoms with Crippen molar-refractivity contribution in [2.24, 2.45) is 0 Å². The molecule has 0 atom stereocenters. The SMILES string of the molecule is Cc1ccc(-n2nnc3c(Nc4ccc(Cl)cc4)ncnc32)cc1. The third-order valence-electron chi connectivity index (χ3n) is 3.62. The molecule has 0 aliphatic rings. The molecule has 2 heterocycles. The fourth-order valence-corrected chi connectivity index (χ4v) is 2.50. The monoisotopic (exact) mass is 336 g/mol. The van der Waals surface area contributed by atoms with E-state index in [1.807, 2.05) is 55.5 Å². The van der Waals surface area contributed by atoms with Crippen LogP contribution >= 0.6 is 11.6 Å². The lowest BCUT2D eigenvalue weighted by molar-refractivity contribution is 0.817. The third kappa shape index (κ3) is 2.68. The van der Waals surface area contributed by atoms with Crippen LogP contribution in [0.3, 0.4) is 0 Å². The molecule has 0 fully saturated rings. The number of hydrogen-bond donors (Lipinski definition) is 1. The van der Waals surface area contributed by atoms with E-state index < -0.39 is 0 Å². The third-order valence-corrected chi connectivity index (χ3v) is 3.88.